The van der Waals surface area contributed by atoms with Gasteiger partial charge in [-0.2, -0.15) is 0 Å². The summed E-state index contributed by atoms with van der Waals surface area (Å²) in [5, 5.41) is 5.70. The van der Waals surface area contributed by atoms with E-state index < -0.39 is 0 Å². The molecule has 1 N–H and O–H groups in total. The van der Waals surface area contributed by atoms with Gasteiger partial charge in [0.2, 0.25) is 0 Å². The van der Waals surface area contributed by atoms with E-state index in [0.29, 0.717) is 18.7 Å². The molecule has 3 aromatic rings. The molecule has 0 fully saturated rings. The first kappa shape index (κ1) is 14.3. The topological polar surface area (TPSA) is 64.4 Å². The van der Waals surface area contributed by atoms with Crippen LogP contribution in [-0.2, 0) is 6.42 Å². The summed E-state index contributed by atoms with van der Waals surface area (Å²) in [6.45, 7) is 0.516. The molecule has 0 aliphatic rings. The third-order valence-corrected chi connectivity index (χ3v) is 3.71. The van der Waals surface area contributed by atoms with Gasteiger partial charge in [0.15, 0.2) is 5.76 Å². The van der Waals surface area contributed by atoms with Crippen LogP contribution in [-0.4, -0.2) is 17.4 Å². The first-order valence-corrected chi connectivity index (χ1v) is 7.68. The zero-order valence-corrected chi connectivity index (χ0v) is 12.5. The first-order chi connectivity index (χ1) is 10.8. The largest absolute Gasteiger partial charge is 0.426 e. The van der Waals surface area contributed by atoms with Gasteiger partial charge in [0.1, 0.15) is 5.75 Å². The van der Waals surface area contributed by atoms with Gasteiger partial charge in [-0.3, -0.25) is 4.79 Å². The zero-order chi connectivity index (χ0) is 15.2. The Hall–Kier alpha value is -2.60. The maximum absolute atomic E-state index is 12.0. The normalized spacial score (nSPS) is 10.4. The molecule has 6 heteroatoms. The molecule has 1 aromatic carbocycles. The Morgan fingerprint density at radius 2 is 2.09 bits per heavy atom. The van der Waals surface area contributed by atoms with Crippen molar-refractivity contribution in [1.82, 2.24) is 10.3 Å². The number of furan rings is 1. The third-order valence-electron chi connectivity index (χ3n) is 2.87. The molecule has 0 saturated heterocycles. The van der Waals surface area contributed by atoms with Crippen molar-refractivity contribution in [3.8, 4) is 11.7 Å². The zero-order valence-electron chi connectivity index (χ0n) is 11.7. The molecule has 2 aromatic heterocycles. The molecular weight excluding hydrogens is 300 g/mol. The van der Waals surface area contributed by atoms with E-state index in [1.54, 1.807) is 29.7 Å². The summed E-state index contributed by atoms with van der Waals surface area (Å²) in [7, 11) is 0. The highest BCUT2D eigenvalue weighted by atomic mass is 32.1. The molecular formula is C16H14N2O3S. The molecule has 0 saturated carbocycles. The van der Waals surface area contributed by atoms with Gasteiger partial charge in [-0.15, -0.1) is 11.3 Å². The molecule has 5 nitrogen and oxygen atoms in total. The Kier molecular flexibility index (Phi) is 4.50. The SMILES string of the molecule is O=C(NCCc1nccs1)c1ccc(Oc2ccccc2)o1. The molecule has 3 rings (SSSR count). The number of ether oxygens (including phenoxy) is 1. The molecule has 0 bridgehead atoms. The second-order valence-electron chi connectivity index (χ2n) is 4.47. The predicted molar refractivity (Wildman–Crippen MR) is 83.4 cm³/mol. The van der Waals surface area contributed by atoms with Crippen molar-refractivity contribution in [2.45, 2.75) is 6.42 Å². The van der Waals surface area contributed by atoms with Crippen molar-refractivity contribution in [2.24, 2.45) is 0 Å². The second-order valence-corrected chi connectivity index (χ2v) is 5.44. The van der Waals surface area contributed by atoms with Crippen LogP contribution in [0.25, 0.3) is 0 Å². The standard InChI is InChI=1S/C16H14N2O3S/c19-16(18-9-8-14-17-10-11-22-14)13-6-7-15(21-13)20-12-4-2-1-3-5-12/h1-7,10-11H,8-9H2,(H,18,19). The van der Waals surface area contributed by atoms with Gasteiger partial charge in [-0.05, 0) is 18.2 Å². The maximum Gasteiger partial charge on any atom is 0.290 e. The molecule has 22 heavy (non-hydrogen) atoms. The Morgan fingerprint density at radius 1 is 1.23 bits per heavy atom. The van der Waals surface area contributed by atoms with Crippen LogP contribution in [0.5, 0.6) is 11.7 Å². The second kappa shape index (κ2) is 6.91. The number of nitrogens with one attached hydrogen (secondary N) is 1. The highest BCUT2D eigenvalue weighted by molar-refractivity contribution is 7.09. The number of aromatic nitrogens is 1. The average Bonchev–Trinajstić information content (AvgIpc) is 3.20. The minimum absolute atomic E-state index is 0.227. The molecule has 0 aliphatic carbocycles. The Labute approximate surface area is 131 Å². The molecule has 0 atom stereocenters. The van der Waals surface area contributed by atoms with Gasteiger partial charge in [0, 0.05) is 30.6 Å². The number of hydrogen-bond acceptors (Lipinski definition) is 5. The van der Waals surface area contributed by atoms with Crippen LogP contribution in [0, 0.1) is 0 Å². The highest BCUT2D eigenvalue weighted by Crippen LogP contribution is 2.23. The fraction of sp³-hybridized carbons (Fsp3) is 0.125. The highest BCUT2D eigenvalue weighted by Gasteiger charge is 2.12. The van der Waals surface area contributed by atoms with Crippen molar-refractivity contribution < 1.29 is 13.9 Å². The number of thiazole rings is 1. The number of amides is 1. The predicted octanol–water partition coefficient (Wildman–Crippen LogP) is 3.50. The van der Waals surface area contributed by atoms with Crippen molar-refractivity contribution in [1.29, 1.82) is 0 Å². The Balaban J connectivity index is 1.53. The quantitative estimate of drug-likeness (QED) is 0.756. The molecule has 1 amide bonds. The van der Waals surface area contributed by atoms with Crippen molar-refractivity contribution >= 4 is 17.2 Å². The van der Waals surface area contributed by atoms with Crippen LogP contribution < -0.4 is 10.1 Å². The summed E-state index contributed by atoms with van der Waals surface area (Å²) >= 11 is 1.57. The van der Waals surface area contributed by atoms with E-state index in [4.69, 9.17) is 9.15 Å². The number of hydrogen-bond donors (Lipinski definition) is 1. The van der Waals surface area contributed by atoms with Gasteiger partial charge in [-0.1, -0.05) is 18.2 Å². The van der Waals surface area contributed by atoms with E-state index in [1.165, 1.54) is 0 Å². The van der Waals surface area contributed by atoms with Gasteiger partial charge in [-0.25, -0.2) is 4.98 Å². The average molecular weight is 314 g/mol. The maximum atomic E-state index is 12.0. The third kappa shape index (κ3) is 3.73. The fourth-order valence-electron chi connectivity index (χ4n) is 1.85. The van der Waals surface area contributed by atoms with Gasteiger partial charge in [0.05, 0.1) is 5.01 Å². The molecule has 0 radical (unpaired) electrons. The number of carbonyl (C=O) groups is 1. The monoisotopic (exact) mass is 314 g/mol. The number of rotatable bonds is 6. The number of benzene rings is 1. The van der Waals surface area contributed by atoms with E-state index in [2.05, 4.69) is 10.3 Å². The lowest BCUT2D eigenvalue weighted by atomic mass is 10.3. The van der Waals surface area contributed by atoms with E-state index >= 15 is 0 Å². The molecule has 2 heterocycles. The lowest BCUT2D eigenvalue weighted by Crippen LogP contribution is -2.25. The lowest BCUT2D eigenvalue weighted by molar-refractivity contribution is 0.0921. The summed E-state index contributed by atoms with van der Waals surface area (Å²) in [5.74, 6) is 0.911. The molecule has 0 aliphatic heterocycles. The van der Waals surface area contributed by atoms with E-state index in [1.807, 2.05) is 35.7 Å². The molecule has 0 unspecified atom stereocenters. The van der Waals surface area contributed by atoms with Crippen LogP contribution in [0.15, 0.2) is 58.5 Å². The minimum atomic E-state index is -0.264. The van der Waals surface area contributed by atoms with Crippen molar-refractivity contribution in [3.63, 3.8) is 0 Å². The summed E-state index contributed by atoms with van der Waals surface area (Å²) in [4.78, 5) is 16.1. The smallest absolute Gasteiger partial charge is 0.290 e. The minimum Gasteiger partial charge on any atom is -0.426 e. The summed E-state index contributed by atoms with van der Waals surface area (Å²) < 4.78 is 10.9. The Morgan fingerprint density at radius 3 is 2.86 bits per heavy atom. The van der Waals surface area contributed by atoms with E-state index in [0.717, 1.165) is 5.01 Å². The first-order valence-electron chi connectivity index (χ1n) is 6.80. The van der Waals surface area contributed by atoms with E-state index in [-0.39, 0.29) is 17.6 Å². The molecule has 0 spiro atoms. The fourth-order valence-corrected chi connectivity index (χ4v) is 2.47. The number of para-hydroxylation sites is 1. The Bertz CT molecular complexity index is 723. The number of nitrogens with zero attached hydrogens (tertiary/aromatic N) is 1. The van der Waals surface area contributed by atoms with Crippen LogP contribution in [0.1, 0.15) is 15.6 Å². The van der Waals surface area contributed by atoms with Crippen LogP contribution in [0.4, 0.5) is 0 Å². The van der Waals surface area contributed by atoms with Crippen LogP contribution >= 0.6 is 11.3 Å². The van der Waals surface area contributed by atoms with Gasteiger partial charge >= 0.3 is 0 Å². The van der Waals surface area contributed by atoms with Crippen LogP contribution in [0.3, 0.4) is 0 Å². The summed E-state index contributed by atoms with van der Waals surface area (Å²) in [5.41, 5.74) is 0. The molecule has 112 valence electrons. The van der Waals surface area contributed by atoms with Gasteiger partial charge in [0.25, 0.3) is 11.9 Å². The van der Waals surface area contributed by atoms with Gasteiger partial charge < -0.3 is 14.5 Å². The lowest BCUT2D eigenvalue weighted by Gasteiger charge is -2.02. The number of carbonyl (C=O) groups excluding carboxylic acids is 1. The summed E-state index contributed by atoms with van der Waals surface area (Å²) in [6, 6.07) is 12.5. The summed E-state index contributed by atoms with van der Waals surface area (Å²) in [6.07, 6.45) is 2.46. The van der Waals surface area contributed by atoms with Crippen LogP contribution in [0.2, 0.25) is 0 Å². The van der Waals surface area contributed by atoms with Crippen molar-refractivity contribution in [3.05, 3.63) is 64.8 Å². The van der Waals surface area contributed by atoms with E-state index in [9.17, 15) is 4.79 Å². The van der Waals surface area contributed by atoms with Crippen molar-refractivity contribution in [2.75, 3.05) is 6.54 Å².